The normalized spacial score (nSPS) is 23.3. The summed E-state index contributed by atoms with van der Waals surface area (Å²) in [5.74, 6) is 0.543. The summed E-state index contributed by atoms with van der Waals surface area (Å²) in [6.07, 6.45) is 3.51. The number of hydrogen-bond acceptors (Lipinski definition) is 3. The third-order valence-corrected chi connectivity index (χ3v) is 5.94. The maximum Gasteiger partial charge on any atom is 0.351 e. The van der Waals surface area contributed by atoms with E-state index < -0.39 is 7.60 Å². The molecule has 3 atom stereocenters. The number of nitrogens with zero attached hydrogens (tertiary/aromatic N) is 1. The van der Waals surface area contributed by atoms with Crippen molar-refractivity contribution in [2.45, 2.75) is 66.0 Å². The van der Waals surface area contributed by atoms with Gasteiger partial charge in [-0.05, 0) is 44.2 Å². The highest BCUT2D eigenvalue weighted by atomic mass is 31.2. The molecule has 24 heavy (non-hydrogen) atoms. The molecule has 140 valence electrons. The first-order chi connectivity index (χ1) is 11.1. The average Bonchev–Trinajstić information content (AvgIpc) is 2.46. The zero-order valence-corrected chi connectivity index (χ0v) is 16.4. The first kappa shape index (κ1) is 21.4. The number of carbonyl (C=O) groups is 1. The van der Waals surface area contributed by atoms with E-state index in [9.17, 15) is 19.1 Å². The summed E-state index contributed by atoms with van der Waals surface area (Å²) < 4.78 is 11.7. The van der Waals surface area contributed by atoms with Crippen LogP contribution in [-0.4, -0.2) is 45.8 Å². The van der Waals surface area contributed by atoms with Crippen molar-refractivity contribution in [3.63, 3.8) is 0 Å². The number of hydrogen-bond donors (Lipinski definition) is 3. The van der Waals surface area contributed by atoms with Crippen LogP contribution in [-0.2, 0) is 9.36 Å². The quantitative estimate of drug-likeness (QED) is 0.579. The summed E-state index contributed by atoms with van der Waals surface area (Å²) in [4.78, 5) is 33.0. The molecule has 1 aliphatic rings. The molecule has 0 bridgehead atoms. The molecule has 0 radical (unpaired) electrons. The molecule has 1 amide bonds. The lowest BCUT2D eigenvalue weighted by Gasteiger charge is -2.43. The van der Waals surface area contributed by atoms with Crippen molar-refractivity contribution in [1.29, 1.82) is 0 Å². The molecule has 3 N–H and O–H groups in total. The Balaban J connectivity index is 3.15. The van der Waals surface area contributed by atoms with Gasteiger partial charge < -0.3 is 20.0 Å². The smallest absolute Gasteiger partial charge is 0.351 e. The lowest BCUT2D eigenvalue weighted by atomic mass is 9.79. The maximum atomic E-state index is 11.7. The first-order valence-corrected chi connectivity index (χ1v) is 10.5. The van der Waals surface area contributed by atoms with Gasteiger partial charge in [0.2, 0.25) is 5.91 Å². The van der Waals surface area contributed by atoms with E-state index in [1.165, 1.54) is 6.92 Å². The van der Waals surface area contributed by atoms with E-state index in [-0.39, 0.29) is 29.2 Å². The number of rotatable bonds is 8. The molecule has 6 nitrogen and oxygen atoms in total. The molecule has 0 fully saturated rings. The number of nitrogens with one attached hydrogen (secondary N) is 1. The van der Waals surface area contributed by atoms with Crippen LogP contribution in [0, 0.1) is 11.8 Å². The third-order valence-electron chi connectivity index (χ3n) is 4.82. The zero-order valence-electron chi connectivity index (χ0n) is 15.5. The molecular formula is C17H33N2O4P. The fraction of sp³-hybridized carbons (Fsp3) is 0.824. The molecule has 0 aromatic carbocycles. The molecule has 0 spiro atoms. The fourth-order valence-electron chi connectivity index (χ4n) is 3.75. The van der Waals surface area contributed by atoms with Crippen LogP contribution in [0.25, 0.3) is 0 Å². The van der Waals surface area contributed by atoms with Crippen LogP contribution in [0.2, 0.25) is 0 Å². The van der Waals surface area contributed by atoms with Gasteiger partial charge in [-0.2, -0.15) is 0 Å². The highest BCUT2D eigenvalue weighted by molar-refractivity contribution is 7.56. The van der Waals surface area contributed by atoms with Crippen LogP contribution in [0.3, 0.4) is 0 Å². The molecule has 0 saturated carbocycles. The van der Waals surface area contributed by atoms with Gasteiger partial charge in [-0.15, -0.1) is 0 Å². The van der Waals surface area contributed by atoms with Crippen molar-refractivity contribution in [2.24, 2.45) is 11.8 Å². The molecular weight excluding hydrogens is 327 g/mol. The molecule has 0 unspecified atom stereocenters. The minimum atomic E-state index is -4.20. The van der Waals surface area contributed by atoms with E-state index in [0.29, 0.717) is 18.8 Å². The minimum absolute atomic E-state index is 0.0164. The second kappa shape index (κ2) is 9.14. The van der Waals surface area contributed by atoms with Gasteiger partial charge >= 0.3 is 7.60 Å². The minimum Gasteiger partial charge on any atom is -0.353 e. The summed E-state index contributed by atoms with van der Waals surface area (Å²) >= 11 is 0. The van der Waals surface area contributed by atoms with Crippen molar-refractivity contribution in [3.05, 3.63) is 11.4 Å². The topological polar surface area (TPSA) is 89.9 Å². The largest absolute Gasteiger partial charge is 0.353 e. The van der Waals surface area contributed by atoms with Crippen LogP contribution < -0.4 is 5.32 Å². The first-order valence-electron chi connectivity index (χ1n) is 8.86. The van der Waals surface area contributed by atoms with Crippen LogP contribution in [0.4, 0.5) is 0 Å². The van der Waals surface area contributed by atoms with Gasteiger partial charge in [-0.25, -0.2) is 0 Å². The van der Waals surface area contributed by atoms with Crippen molar-refractivity contribution >= 4 is 13.5 Å². The molecule has 1 aliphatic carbocycles. The lowest BCUT2D eigenvalue weighted by Crippen LogP contribution is -2.51. The zero-order chi connectivity index (χ0) is 18.5. The predicted molar refractivity (Wildman–Crippen MR) is 96.6 cm³/mol. The standard InChI is InChI=1S/C17H33N2O4P/c1-6-19(7-2)17-11-14(24(21,22)23)8-9-15(17)16(10-12(3)4)18-13(5)20/h8,12,15-17H,6-7,9-11H2,1-5H3,(H,18,20)(H2,21,22,23)/t15-,16-,17-/m0/s1. The Bertz CT molecular complexity index is 497. The summed E-state index contributed by atoms with van der Waals surface area (Å²) in [6, 6.07) is 0.0471. The fourth-order valence-corrected chi connectivity index (χ4v) is 4.52. The number of carbonyl (C=O) groups excluding carboxylic acids is 1. The number of allylic oxidation sites excluding steroid dienone is 1. The van der Waals surface area contributed by atoms with E-state index in [0.717, 1.165) is 19.5 Å². The van der Waals surface area contributed by atoms with Gasteiger partial charge in [0.1, 0.15) is 0 Å². The van der Waals surface area contributed by atoms with Gasteiger partial charge in [0.15, 0.2) is 0 Å². The van der Waals surface area contributed by atoms with E-state index in [4.69, 9.17) is 0 Å². The summed E-state index contributed by atoms with van der Waals surface area (Å²) in [5.41, 5.74) is 0. The Labute approximate surface area is 145 Å². The molecule has 0 saturated heterocycles. The Morgan fingerprint density at radius 3 is 2.38 bits per heavy atom. The lowest BCUT2D eigenvalue weighted by molar-refractivity contribution is -0.120. The second-order valence-corrected chi connectivity index (χ2v) is 8.73. The van der Waals surface area contributed by atoms with Crippen molar-refractivity contribution in [3.8, 4) is 0 Å². The van der Waals surface area contributed by atoms with Gasteiger partial charge in [0.05, 0.1) is 0 Å². The Morgan fingerprint density at radius 2 is 1.96 bits per heavy atom. The van der Waals surface area contributed by atoms with E-state index >= 15 is 0 Å². The van der Waals surface area contributed by atoms with Crippen LogP contribution >= 0.6 is 7.60 Å². The highest BCUT2D eigenvalue weighted by Gasteiger charge is 2.39. The Hall–Kier alpha value is -0.680. The third kappa shape index (κ3) is 5.99. The van der Waals surface area contributed by atoms with Crippen molar-refractivity contribution < 1.29 is 19.1 Å². The summed E-state index contributed by atoms with van der Waals surface area (Å²) in [5, 5.41) is 3.32. The predicted octanol–water partition coefficient (Wildman–Crippen LogP) is 2.72. The van der Waals surface area contributed by atoms with Gasteiger partial charge in [0, 0.05) is 24.3 Å². The highest BCUT2D eigenvalue weighted by Crippen LogP contribution is 2.51. The Morgan fingerprint density at radius 1 is 1.38 bits per heavy atom. The molecule has 7 heteroatoms. The maximum absolute atomic E-state index is 11.7. The molecule has 0 aliphatic heterocycles. The van der Waals surface area contributed by atoms with E-state index in [2.05, 4.69) is 37.9 Å². The van der Waals surface area contributed by atoms with Crippen LogP contribution in [0.1, 0.15) is 53.9 Å². The van der Waals surface area contributed by atoms with Crippen LogP contribution in [0.5, 0.6) is 0 Å². The number of amides is 1. The van der Waals surface area contributed by atoms with E-state index in [1.807, 2.05) is 0 Å². The molecule has 0 heterocycles. The second-order valence-electron chi connectivity index (χ2n) is 7.07. The van der Waals surface area contributed by atoms with Gasteiger partial charge in [-0.3, -0.25) is 9.36 Å². The SMILES string of the molecule is CCN(CC)[C@H]1CC(P(=O)(O)O)=CC[C@H]1[C@H](CC(C)C)NC(C)=O. The Kier molecular flexibility index (Phi) is 8.13. The molecule has 0 aromatic heterocycles. The molecule has 0 aromatic rings. The van der Waals surface area contributed by atoms with Crippen molar-refractivity contribution in [1.82, 2.24) is 10.2 Å². The van der Waals surface area contributed by atoms with Gasteiger partial charge in [0.25, 0.3) is 0 Å². The molecule has 1 rings (SSSR count). The van der Waals surface area contributed by atoms with E-state index in [1.54, 1.807) is 6.08 Å². The summed E-state index contributed by atoms with van der Waals surface area (Å²) in [7, 11) is -4.20. The monoisotopic (exact) mass is 360 g/mol. The summed E-state index contributed by atoms with van der Waals surface area (Å²) in [6.45, 7) is 11.5. The van der Waals surface area contributed by atoms with Gasteiger partial charge in [-0.1, -0.05) is 33.8 Å². The average molecular weight is 360 g/mol. The van der Waals surface area contributed by atoms with Crippen LogP contribution in [0.15, 0.2) is 11.4 Å². The van der Waals surface area contributed by atoms with Crippen molar-refractivity contribution in [2.75, 3.05) is 13.1 Å².